The third-order valence-corrected chi connectivity index (χ3v) is 3.13. The van der Waals surface area contributed by atoms with Crippen molar-refractivity contribution in [3.05, 3.63) is 18.1 Å². The molecule has 0 amide bonds. The van der Waals surface area contributed by atoms with E-state index in [0.717, 1.165) is 11.7 Å². The van der Waals surface area contributed by atoms with Gasteiger partial charge in [0.15, 0.2) is 5.69 Å². The summed E-state index contributed by atoms with van der Waals surface area (Å²) in [5.41, 5.74) is -0.0174. The highest BCUT2D eigenvalue weighted by Gasteiger charge is 2.31. The third kappa shape index (κ3) is 2.13. The van der Waals surface area contributed by atoms with Gasteiger partial charge < -0.3 is 10.0 Å². The molecule has 1 aliphatic rings. The molecule has 86 valence electrons. The van der Waals surface area contributed by atoms with Gasteiger partial charge in [-0.1, -0.05) is 0 Å². The first-order valence-corrected chi connectivity index (χ1v) is 5.37. The van der Waals surface area contributed by atoms with Gasteiger partial charge in [0, 0.05) is 13.1 Å². The van der Waals surface area contributed by atoms with Crippen LogP contribution in [0.1, 0.15) is 30.3 Å². The van der Waals surface area contributed by atoms with Crippen LogP contribution in [0.4, 0.5) is 5.82 Å². The minimum atomic E-state index is -1.04. The van der Waals surface area contributed by atoms with Crippen LogP contribution in [0.25, 0.3) is 0 Å². The van der Waals surface area contributed by atoms with Crippen molar-refractivity contribution in [2.24, 2.45) is 5.92 Å². The van der Waals surface area contributed by atoms with Gasteiger partial charge in [-0.15, -0.1) is 0 Å². The van der Waals surface area contributed by atoms with Crippen LogP contribution in [0.2, 0.25) is 0 Å². The molecule has 1 saturated carbocycles. The summed E-state index contributed by atoms with van der Waals surface area (Å²) >= 11 is 0. The predicted octanol–water partition coefficient (Wildman–Crippen LogP) is 1.41. The lowest BCUT2D eigenvalue weighted by Crippen LogP contribution is -2.31. The molecular formula is C11H15N3O2. The highest BCUT2D eigenvalue weighted by atomic mass is 16.4. The minimum Gasteiger partial charge on any atom is -0.476 e. The molecule has 2 rings (SSSR count). The predicted molar refractivity (Wildman–Crippen MR) is 59.6 cm³/mol. The number of rotatable bonds is 4. The third-order valence-electron chi connectivity index (χ3n) is 3.13. The van der Waals surface area contributed by atoms with E-state index in [-0.39, 0.29) is 5.69 Å². The lowest BCUT2D eigenvalue weighted by Gasteiger charge is -2.25. The summed E-state index contributed by atoms with van der Waals surface area (Å²) in [4.78, 5) is 20.6. The summed E-state index contributed by atoms with van der Waals surface area (Å²) in [5, 5.41) is 8.71. The molecule has 1 aromatic heterocycles. The van der Waals surface area contributed by atoms with Crippen LogP contribution in [0, 0.1) is 5.92 Å². The van der Waals surface area contributed by atoms with Crippen molar-refractivity contribution in [1.29, 1.82) is 0 Å². The summed E-state index contributed by atoms with van der Waals surface area (Å²) < 4.78 is 0. The van der Waals surface area contributed by atoms with Crippen molar-refractivity contribution in [3.8, 4) is 0 Å². The van der Waals surface area contributed by atoms with Crippen molar-refractivity contribution in [1.82, 2.24) is 9.97 Å². The molecule has 5 heteroatoms. The molecule has 5 nitrogen and oxygen atoms in total. The van der Waals surface area contributed by atoms with E-state index in [9.17, 15) is 4.79 Å². The molecule has 1 fully saturated rings. The number of hydrogen-bond acceptors (Lipinski definition) is 4. The van der Waals surface area contributed by atoms with Crippen molar-refractivity contribution in [2.75, 3.05) is 11.9 Å². The second-order valence-corrected chi connectivity index (χ2v) is 4.25. The largest absolute Gasteiger partial charge is 0.476 e. The molecule has 1 heterocycles. The topological polar surface area (TPSA) is 66.3 Å². The Bertz CT molecular complexity index is 387. The lowest BCUT2D eigenvalue weighted by atomic mass is 10.2. The fraction of sp³-hybridized carbons (Fsp3) is 0.545. The van der Waals surface area contributed by atoms with Crippen molar-refractivity contribution < 1.29 is 9.90 Å². The van der Waals surface area contributed by atoms with E-state index in [1.54, 1.807) is 0 Å². The molecule has 16 heavy (non-hydrogen) atoms. The average molecular weight is 221 g/mol. The van der Waals surface area contributed by atoms with Crippen LogP contribution < -0.4 is 4.90 Å². The smallest absolute Gasteiger partial charge is 0.356 e. The van der Waals surface area contributed by atoms with E-state index >= 15 is 0 Å². The fourth-order valence-electron chi connectivity index (χ4n) is 1.72. The van der Waals surface area contributed by atoms with Crippen LogP contribution in [0.5, 0.6) is 0 Å². The summed E-state index contributed by atoms with van der Waals surface area (Å²) in [5.74, 6) is 0.423. The van der Waals surface area contributed by atoms with Gasteiger partial charge in [0.2, 0.25) is 0 Å². The molecule has 0 aliphatic heterocycles. The van der Waals surface area contributed by atoms with Gasteiger partial charge in [-0.3, -0.25) is 0 Å². The molecule has 0 spiro atoms. The van der Waals surface area contributed by atoms with Crippen LogP contribution in [-0.2, 0) is 0 Å². The van der Waals surface area contributed by atoms with Crippen molar-refractivity contribution in [3.63, 3.8) is 0 Å². The molecule has 0 aromatic carbocycles. The summed E-state index contributed by atoms with van der Waals surface area (Å²) in [6, 6.07) is 0.435. The Kier molecular flexibility index (Phi) is 2.77. The number of carboxylic acid groups (broad SMARTS) is 1. The number of carboxylic acids is 1. The minimum absolute atomic E-state index is 0.0174. The second-order valence-electron chi connectivity index (χ2n) is 4.25. The number of anilines is 1. The highest BCUT2D eigenvalue weighted by Crippen LogP contribution is 2.35. The fourth-order valence-corrected chi connectivity index (χ4v) is 1.72. The van der Waals surface area contributed by atoms with Crippen molar-refractivity contribution >= 4 is 11.8 Å². The van der Waals surface area contributed by atoms with Gasteiger partial charge in [-0.2, -0.15) is 0 Å². The van der Waals surface area contributed by atoms with Crippen LogP contribution in [-0.4, -0.2) is 34.1 Å². The monoisotopic (exact) mass is 221 g/mol. The number of aromatic carboxylic acids is 1. The van der Waals surface area contributed by atoms with Gasteiger partial charge in [0.05, 0.1) is 12.4 Å². The van der Waals surface area contributed by atoms with E-state index in [2.05, 4.69) is 21.8 Å². The number of nitrogens with zero attached hydrogens (tertiary/aromatic N) is 3. The Morgan fingerprint density at radius 2 is 2.19 bits per heavy atom. The van der Waals surface area contributed by atoms with E-state index in [4.69, 9.17) is 5.11 Å². The summed E-state index contributed by atoms with van der Waals surface area (Å²) in [7, 11) is 1.97. The molecule has 1 aliphatic carbocycles. The first-order chi connectivity index (χ1) is 7.59. The zero-order valence-electron chi connectivity index (χ0n) is 9.42. The Morgan fingerprint density at radius 1 is 1.50 bits per heavy atom. The average Bonchev–Trinajstić information content (AvgIpc) is 3.11. The molecule has 1 aromatic rings. The molecule has 0 radical (unpaired) electrons. The number of hydrogen-bond donors (Lipinski definition) is 1. The van der Waals surface area contributed by atoms with Crippen molar-refractivity contribution in [2.45, 2.75) is 25.8 Å². The zero-order valence-corrected chi connectivity index (χ0v) is 9.42. The van der Waals surface area contributed by atoms with Crippen LogP contribution in [0.3, 0.4) is 0 Å². The quantitative estimate of drug-likeness (QED) is 0.832. The van der Waals surface area contributed by atoms with E-state index in [1.165, 1.54) is 25.2 Å². The van der Waals surface area contributed by atoms with E-state index in [0.29, 0.717) is 6.04 Å². The van der Waals surface area contributed by atoms with Gasteiger partial charge in [0.25, 0.3) is 0 Å². The van der Waals surface area contributed by atoms with Gasteiger partial charge >= 0.3 is 5.97 Å². The van der Waals surface area contributed by atoms with E-state index in [1.807, 2.05) is 7.05 Å². The van der Waals surface area contributed by atoms with Gasteiger partial charge in [0.1, 0.15) is 5.82 Å². The highest BCUT2D eigenvalue weighted by molar-refractivity contribution is 5.84. The number of carbonyl (C=O) groups is 1. The molecule has 1 atom stereocenters. The lowest BCUT2D eigenvalue weighted by molar-refractivity contribution is 0.0690. The Hall–Kier alpha value is -1.65. The molecule has 0 bridgehead atoms. The summed E-state index contributed by atoms with van der Waals surface area (Å²) in [6.07, 6.45) is 5.36. The first-order valence-electron chi connectivity index (χ1n) is 5.37. The maximum Gasteiger partial charge on any atom is 0.356 e. The zero-order chi connectivity index (χ0) is 11.7. The van der Waals surface area contributed by atoms with Crippen LogP contribution >= 0.6 is 0 Å². The SMILES string of the molecule is CC(C1CC1)N(C)c1cnc(C(=O)O)cn1. The standard InChI is InChI=1S/C11H15N3O2/c1-7(8-3-4-8)14(2)10-6-12-9(5-13-10)11(15)16/h5-8H,3-4H2,1-2H3,(H,15,16). The Balaban J connectivity index is 2.11. The second kappa shape index (κ2) is 4.08. The molecule has 1 unspecified atom stereocenters. The van der Waals surface area contributed by atoms with E-state index < -0.39 is 5.97 Å². The Morgan fingerprint density at radius 3 is 2.62 bits per heavy atom. The molecule has 1 N–H and O–H groups in total. The Labute approximate surface area is 94.1 Å². The maximum atomic E-state index is 10.6. The normalized spacial score (nSPS) is 16.9. The first kappa shape index (κ1) is 10.9. The number of aromatic nitrogens is 2. The summed E-state index contributed by atoms with van der Waals surface area (Å²) in [6.45, 7) is 2.16. The van der Waals surface area contributed by atoms with Gasteiger partial charge in [-0.05, 0) is 25.7 Å². The molecular weight excluding hydrogens is 206 g/mol. The maximum absolute atomic E-state index is 10.6. The molecule has 0 saturated heterocycles. The van der Waals surface area contributed by atoms with Gasteiger partial charge in [-0.25, -0.2) is 14.8 Å². The van der Waals surface area contributed by atoms with Crippen LogP contribution in [0.15, 0.2) is 12.4 Å².